The minimum Gasteiger partial charge on any atom is -0.466 e. The van der Waals surface area contributed by atoms with Crippen LogP contribution in [0.15, 0.2) is 0 Å². The molecule has 1 aliphatic rings. The molecule has 3 heteroatoms. The second-order valence-electron chi connectivity index (χ2n) is 8.58. The van der Waals surface area contributed by atoms with E-state index in [1.807, 2.05) is 0 Å². The van der Waals surface area contributed by atoms with Crippen LogP contribution in [0, 0.1) is 0 Å². The van der Waals surface area contributed by atoms with Gasteiger partial charge in [0, 0.05) is 0 Å². The number of esters is 1. The zero-order valence-corrected chi connectivity index (χ0v) is 17.9. The lowest BCUT2D eigenvalue weighted by Crippen LogP contribution is -2.16. The molecule has 1 unspecified atom stereocenters. The number of hydrogen-bond donors (Lipinski definition) is 1. The molecule has 0 aromatic rings. The van der Waals surface area contributed by atoms with Crippen LogP contribution in [0.3, 0.4) is 0 Å². The Morgan fingerprint density at radius 1 is 0.556 bits per heavy atom. The van der Waals surface area contributed by atoms with Crippen LogP contribution in [-0.4, -0.2) is 23.8 Å². The van der Waals surface area contributed by atoms with Crippen LogP contribution in [0.2, 0.25) is 0 Å². The van der Waals surface area contributed by atoms with E-state index < -0.39 is 6.10 Å². The molecule has 0 radical (unpaired) electrons. The van der Waals surface area contributed by atoms with E-state index in [1.165, 1.54) is 103 Å². The quantitative estimate of drug-likeness (QED) is 0.455. The third kappa shape index (κ3) is 17.3. The molecule has 0 spiro atoms. The van der Waals surface area contributed by atoms with Crippen molar-refractivity contribution in [3.8, 4) is 0 Å². The molecule has 1 heterocycles. The van der Waals surface area contributed by atoms with Gasteiger partial charge in [0.2, 0.25) is 0 Å². The van der Waals surface area contributed by atoms with Crippen molar-refractivity contribution in [2.45, 2.75) is 141 Å². The van der Waals surface area contributed by atoms with Gasteiger partial charge in [-0.1, -0.05) is 116 Å². The molecule has 160 valence electrons. The Hall–Kier alpha value is -0.570. The van der Waals surface area contributed by atoms with Crippen LogP contribution in [0.5, 0.6) is 0 Å². The maximum absolute atomic E-state index is 11.7. The topological polar surface area (TPSA) is 46.5 Å². The van der Waals surface area contributed by atoms with Crippen LogP contribution >= 0.6 is 0 Å². The van der Waals surface area contributed by atoms with Gasteiger partial charge in [-0.3, -0.25) is 4.79 Å². The molecule has 0 aromatic carbocycles. The van der Waals surface area contributed by atoms with Crippen molar-refractivity contribution in [3.63, 3.8) is 0 Å². The average Bonchev–Trinajstić information content (AvgIpc) is 2.65. The van der Waals surface area contributed by atoms with Crippen molar-refractivity contribution in [1.29, 1.82) is 0 Å². The highest BCUT2D eigenvalue weighted by molar-refractivity contribution is 5.69. The smallest absolute Gasteiger partial charge is 0.308 e. The van der Waals surface area contributed by atoms with E-state index in [4.69, 9.17) is 4.74 Å². The summed E-state index contributed by atoms with van der Waals surface area (Å²) in [7, 11) is 0. The summed E-state index contributed by atoms with van der Waals surface area (Å²) in [5.41, 5.74) is 0. The first-order chi connectivity index (χ1) is 13.3. The molecule has 0 saturated carbocycles. The summed E-state index contributed by atoms with van der Waals surface area (Å²) in [4.78, 5) is 11.7. The van der Waals surface area contributed by atoms with Gasteiger partial charge in [0.15, 0.2) is 0 Å². The number of aliphatic hydroxyl groups excluding tert-OH is 1. The van der Waals surface area contributed by atoms with Crippen molar-refractivity contribution in [1.82, 2.24) is 0 Å². The maximum Gasteiger partial charge on any atom is 0.308 e. The predicted octanol–water partition coefficient (Wildman–Crippen LogP) is 7.10. The zero-order valence-electron chi connectivity index (χ0n) is 17.9. The minimum absolute atomic E-state index is 0.167. The van der Waals surface area contributed by atoms with Crippen molar-refractivity contribution >= 4 is 5.97 Å². The lowest BCUT2D eigenvalue weighted by molar-refractivity contribution is -0.146. The van der Waals surface area contributed by atoms with E-state index in [9.17, 15) is 9.90 Å². The molecule has 1 saturated heterocycles. The van der Waals surface area contributed by atoms with Crippen LogP contribution in [0.1, 0.15) is 135 Å². The van der Waals surface area contributed by atoms with Gasteiger partial charge in [0.1, 0.15) is 0 Å². The monoisotopic (exact) mass is 382 g/mol. The Morgan fingerprint density at radius 2 is 0.889 bits per heavy atom. The highest BCUT2D eigenvalue weighted by Crippen LogP contribution is 2.15. The maximum atomic E-state index is 11.7. The molecule has 1 N–H and O–H groups in total. The van der Waals surface area contributed by atoms with Crippen LogP contribution < -0.4 is 0 Å². The molecular formula is C24H46O3. The summed E-state index contributed by atoms with van der Waals surface area (Å²) >= 11 is 0. The Labute approximate surface area is 168 Å². The Bertz CT molecular complexity index is 330. The van der Waals surface area contributed by atoms with Gasteiger partial charge in [0.25, 0.3) is 0 Å². The van der Waals surface area contributed by atoms with Gasteiger partial charge < -0.3 is 9.84 Å². The van der Waals surface area contributed by atoms with Crippen LogP contribution in [-0.2, 0) is 9.53 Å². The SMILES string of the molecule is O=C1CC(O)CCCCCCCCCCCCCCCCCCCCCO1. The first kappa shape index (κ1) is 24.5. The van der Waals surface area contributed by atoms with Crippen molar-refractivity contribution in [3.05, 3.63) is 0 Å². The zero-order chi connectivity index (χ0) is 19.4. The number of cyclic esters (lactones) is 1. The highest BCUT2D eigenvalue weighted by Gasteiger charge is 2.11. The van der Waals surface area contributed by atoms with Gasteiger partial charge in [-0.15, -0.1) is 0 Å². The Morgan fingerprint density at radius 3 is 1.30 bits per heavy atom. The van der Waals surface area contributed by atoms with Gasteiger partial charge in [-0.25, -0.2) is 0 Å². The molecule has 0 amide bonds. The highest BCUT2D eigenvalue weighted by atomic mass is 16.5. The first-order valence-corrected chi connectivity index (χ1v) is 12.1. The molecule has 0 bridgehead atoms. The standard InChI is InChI=1S/C24H46O3/c25-23-20-18-16-14-12-10-8-6-4-2-1-3-5-7-9-11-13-15-17-19-21-27-24(26)22-23/h23,25H,1-22H2. The van der Waals surface area contributed by atoms with E-state index in [-0.39, 0.29) is 12.4 Å². The molecule has 27 heavy (non-hydrogen) atoms. The third-order valence-electron chi connectivity index (χ3n) is 5.85. The normalized spacial score (nSPS) is 25.7. The number of rotatable bonds is 0. The summed E-state index contributed by atoms with van der Waals surface area (Å²) < 4.78 is 5.26. The fourth-order valence-corrected chi connectivity index (χ4v) is 4.03. The third-order valence-corrected chi connectivity index (χ3v) is 5.85. The number of aliphatic hydroxyl groups is 1. The molecule has 0 aromatic heterocycles. The van der Waals surface area contributed by atoms with Gasteiger partial charge in [-0.05, 0) is 12.8 Å². The Kier molecular flexibility index (Phi) is 17.0. The van der Waals surface area contributed by atoms with E-state index in [1.54, 1.807) is 0 Å². The first-order valence-electron chi connectivity index (χ1n) is 12.1. The summed E-state index contributed by atoms with van der Waals surface area (Å²) in [6.07, 6.45) is 25.2. The molecule has 1 atom stereocenters. The largest absolute Gasteiger partial charge is 0.466 e. The lowest BCUT2D eigenvalue weighted by atomic mass is 10.0. The second-order valence-corrected chi connectivity index (χ2v) is 8.58. The number of ether oxygens (including phenoxy) is 1. The fraction of sp³-hybridized carbons (Fsp3) is 0.958. The number of hydrogen-bond acceptors (Lipinski definition) is 3. The van der Waals surface area contributed by atoms with Crippen molar-refractivity contribution < 1.29 is 14.6 Å². The summed E-state index contributed by atoms with van der Waals surface area (Å²) in [5.74, 6) is -0.229. The number of carbonyl (C=O) groups is 1. The van der Waals surface area contributed by atoms with Gasteiger partial charge in [-0.2, -0.15) is 0 Å². The summed E-state index contributed by atoms with van der Waals surface area (Å²) in [6, 6.07) is 0. The Balaban J connectivity index is 2.15. The second kappa shape index (κ2) is 18.8. The van der Waals surface area contributed by atoms with E-state index in [2.05, 4.69) is 0 Å². The molecule has 1 rings (SSSR count). The van der Waals surface area contributed by atoms with E-state index >= 15 is 0 Å². The minimum atomic E-state index is -0.521. The predicted molar refractivity (Wildman–Crippen MR) is 114 cm³/mol. The van der Waals surface area contributed by atoms with Gasteiger partial charge >= 0.3 is 5.97 Å². The molecule has 3 nitrogen and oxygen atoms in total. The summed E-state index contributed by atoms with van der Waals surface area (Å²) in [6.45, 7) is 0.519. The molecule has 1 aliphatic heterocycles. The molecule has 1 fully saturated rings. The van der Waals surface area contributed by atoms with Crippen LogP contribution in [0.4, 0.5) is 0 Å². The van der Waals surface area contributed by atoms with Crippen molar-refractivity contribution in [2.75, 3.05) is 6.61 Å². The lowest BCUT2D eigenvalue weighted by Gasteiger charge is -2.10. The fourth-order valence-electron chi connectivity index (χ4n) is 4.03. The van der Waals surface area contributed by atoms with Crippen molar-refractivity contribution in [2.24, 2.45) is 0 Å². The van der Waals surface area contributed by atoms with Crippen LogP contribution in [0.25, 0.3) is 0 Å². The summed E-state index contributed by atoms with van der Waals surface area (Å²) in [5, 5.41) is 9.97. The van der Waals surface area contributed by atoms with E-state index in [0.717, 1.165) is 25.7 Å². The number of carbonyl (C=O) groups excluding carboxylic acids is 1. The molecular weight excluding hydrogens is 336 g/mol. The van der Waals surface area contributed by atoms with Gasteiger partial charge in [0.05, 0.1) is 19.1 Å². The van der Waals surface area contributed by atoms with E-state index in [0.29, 0.717) is 6.61 Å². The average molecular weight is 383 g/mol. The molecule has 0 aliphatic carbocycles.